The van der Waals surface area contributed by atoms with Crippen molar-refractivity contribution in [3.05, 3.63) is 60.1 Å². The van der Waals surface area contributed by atoms with Gasteiger partial charge < -0.3 is 14.6 Å². The van der Waals surface area contributed by atoms with Crippen LogP contribution in [0.1, 0.15) is 42.7 Å². The lowest BCUT2D eigenvalue weighted by Gasteiger charge is -2.29. The zero-order valence-electron chi connectivity index (χ0n) is 16.0. The molecular formula is C22H26N2O3S. The molecule has 0 radical (unpaired) electrons. The fourth-order valence-corrected chi connectivity index (χ4v) is 5.04. The molecule has 1 aromatic heterocycles. The lowest BCUT2D eigenvalue weighted by Crippen LogP contribution is -2.50. The summed E-state index contributed by atoms with van der Waals surface area (Å²) >= 11 is 1.64. The SMILES string of the molecule is CC(CCc1ccccc1)NC(=O)C1CSC(c2ccoc2)N1C(=O)C1CC1. The number of nitrogens with zero attached hydrogens (tertiary/aromatic N) is 1. The van der Waals surface area contributed by atoms with Crippen molar-refractivity contribution in [1.82, 2.24) is 10.2 Å². The molecule has 2 aromatic rings. The van der Waals surface area contributed by atoms with Crippen LogP contribution in [-0.4, -0.2) is 34.6 Å². The average molecular weight is 399 g/mol. The number of carbonyl (C=O) groups excluding carboxylic acids is 2. The molecule has 3 atom stereocenters. The molecule has 1 saturated heterocycles. The minimum atomic E-state index is -0.419. The van der Waals surface area contributed by atoms with Crippen LogP contribution >= 0.6 is 11.8 Å². The highest BCUT2D eigenvalue weighted by Gasteiger charge is 2.46. The van der Waals surface area contributed by atoms with Gasteiger partial charge in [-0.2, -0.15) is 0 Å². The monoisotopic (exact) mass is 398 g/mol. The second-order valence-electron chi connectivity index (χ2n) is 7.71. The van der Waals surface area contributed by atoms with Crippen LogP contribution in [0.25, 0.3) is 0 Å². The molecule has 1 N–H and O–H groups in total. The predicted octanol–water partition coefficient (Wildman–Crippen LogP) is 3.77. The maximum absolute atomic E-state index is 13.0. The molecule has 1 saturated carbocycles. The Morgan fingerprint density at radius 3 is 2.71 bits per heavy atom. The summed E-state index contributed by atoms with van der Waals surface area (Å²) in [5.41, 5.74) is 2.22. The van der Waals surface area contributed by atoms with Crippen molar-refractivity contribution in [3.63, 3.8) is 0 Å². The largest absolute Gasteiger partial charge is 0.472 e. The van der Waals surface area contributed by atoms with E-state index < -0.39 is 6.04 Å². The highest BCUT2D eigenvalue weighted by molar-refractivity contribution is 7.99. The number of aryl methyl sites for hydroxylation is 1. The molecule has 148 valence electrons. The van der Waals surface area contributed by atoms with Crippen LogP contribution in [0, 0.1) is 5.92 Å². The van der Waals surface area contributed by atoms with E-state index in [-0.39, 0.29) is 29.1 Å². The Labute approximate surface area is 169 Å². The smallest absolute Gasteiger partial charge is 0.243 e. The summed E-state index contributed by atoms with van der Waals surface area (Å²) in [5.74, 6) is 0.756. The number of amides is 2. The summed E-state index contributed by atoms with van der Waals surface area (Å²) in [6.45, 7) is 2.03. The quantitative estimate of drug-likeness (QED) is 0.771. The fraction of sp³-hybridized carbons (Fsp3) is 0.455. The Bertz CT molecular complexity index is 804. The highest BCUT2D eigenvalue weighted by atomic mass is 32.2. The summed E-state index contributed by atoms with van der Waals surface area (Å²) in [4.78, 5) is 27.7. The van der Waals surface area contributed by atoms with Crippen LogP contribution in [-0.2, 0) is 16.0 Å². The number of carbonyl (C=O) groups is 2. The van der Waals surface area contributed by atoms with Crippen LogP contribution in [0.3, 0.4) is 0 Å². The van der Waals surface area contributed by atoms with Crippen molar-refractivity contribution in [3.8, 4) is 0 Å². The van der Waals surface area contributed by atoms with Crippen LogP contribution in [0.4, 0.5) is 0 Å². The van der Waals surface area contributed by atoms with E-state index in [9.17, 15) is 9.59 Å². The minimum absolute atomic E-state index is 0.0481. The van der Waals surface area contributed by atoms with Crippen molar-refractivity contribution >= 4 is 23.6 Å². The van der Waals surface area contributed by atoms with E-state index in [1.807, 2.05) is 31.2 Å². The number of hydrogen-bond acceptors (Lipinski definition) is 4. The summed E-state index contributed by atoms with van der Waals surface area (Å²) < 4.78 is 5.21. The summed E-state index contributed by atoms with van der Waals surface area (Å²) in [5, 5.41) is 3.00. The molecule has 5 nitrogen and oxygen atoms in total. The Morgan fingerprint density at radius 1 is 1.25 bits per heavy atom. The van der Waals surface area contributed by atoms with Crippen LogP contribution in [0.15, 0.2) is 53.3 Å². The normalized spacial score (nSPS) is 22.8. The first-order valence-electron chi connectivity index (χ1n) is 9.93. The lowest BCUT2D eigenvalue weighted by molar-refractivity contribution is -0.141. The Morgan fingerprint density at radius 2 is 2.04 bits per heavy atom. The van der Waals surface area contributed by atoms with Gasteiger partial charge in [0.05, 0.1) is 12.5 Å². The van der Waals surface area contributed by atoms with Gasteiger partial charge in [-0.1, -0.05) is 30.3 Å². The number of nitrogens with one attached hydrogen (secondary N) is 1. The lowest BCUT2D eigenvalue weighted by atomic mass is 10.1. The molecule has 28 heavy (non-hydrogen) atoms. The van der Waals surface area contributed by atoms with Crippen molar-refractivity contribution in [2.75, 3.05) is 5.75 Å². The summed E-state index contributed by atoms with van der Waals surface area (Å²) in [6.07, 6.45) is 6.95. The number of thioether (sulfide) groups is 1. The fourth-order valence-electron chi connectivity index (χ4n) is 3.63. The van der Waals surface area contributed by atoms with E-state index in [1.54, 1.807) is 29.2 Å². The first-order valence-corrected chi connectivity index (χ1v) is 11.0. The maximum Gasteiger partial charge on any atom is 0.243 e. The van der Waals surface area contributed by atoms with Crippen LogP contribution < -0.4 is 5.32 Å². The van der Waals surface area contributed by atoms with Crippen LogP contribution in [0.5, 0.6) is 0 Å². The predicted molar refractivity (Wildman–Crippen MR) is 110 cm³/mol. The van der Waals surface area contributed by atoms with Crippen LogP contribution in [0.2, 0.25) is 0 Å². The van der Waals surface area contributed by atoms with Crippen molar-refractivity contribution in [2.24, 2.45) is 5.92 Å². The Kier molecular flexibility index (Phi) is 5.76. The van der Waals surface area contributed by atoms with Gasteiger partial charge in [-0.05, 0) is 44.2 Å². The molecule has 0 bridgehead atoms. The van der Waals surface area contributed by atoms with Gasteiger partial charge in [0.15, 0.2) is 0 Å². The molecule has 2 heterocycles. The first-order chi connectivity index (χ1) is 13.6. The summed E-state index contributed by atoms with van der Waals surface area (Å²) in [6, 6.07) is 11.8. The van der Waals surface area contributed by atoms with E-state index in [1.165, 1.54) is 5.56 Å². The van der Waals surface area contributed by atoms with E-state index >= 15 is 0 Å². The first kappa shape index (κ1) is 19.1. The van der Waals surface area contributed by atoms with Gasteiger partial charge in [0.2, 0.25) is 11.8 Å². The molecule has 2 amide bonds. The third kappa shape index (κ3) is 4.27. The number of hydrogen-bond donors (Lipinski definition) is 1. The molecule has 1 aliphatic heterocycles. The zero-order chi connectivity index (χ0) is 19.5. The molecule has 1 aromatic carbocycles. The van der Waals surface area contributed by atoms with Gasteiger partial charge in [0.25, 0.3) is 0 Å². The molecule has 2 fully saturated rings. The maximum atomic E-state index is 13.0. The minimum Gasteiger partial charge on any atom is -0.472 e. The highest BCUT2D eigenvalue weighted by Crippen LogP contribution is 2.45. The third-order valence-corrected chi connectivity index (χ3v) is 6.73. The number of benzene rings is 1. The molecule has 0 spiro atoms. The zero-order valence-corrected chi connectivity index (χ0v) is 16.9. The molecule has 1 aliphatic carbocycles. The Balaban J connectivity index is 1.39. The molecule has 2 aliphatic rings. The van der Waals surface area contributed by atoms with Gasteiger partial charge in [-0.15, -0.1) is 11.8 Å². The van der Waals surface area contributed by atoms with Gasteiger partial charge in [-0.25, -0.2) is 0 Å². The van der Waals surface area contributed by atoms with E-state index in [2.05, 4.69) is 17.4 Å². The average Bonchev–Trinajstić information content (AvgIpc) is 3.23. The topological polar surface area (TPSA) is 62.6 Å². The van der Waals surface area contributed by atoms with Gasteiger partial charge in [-0.3, -0.25) is 9.59 Å². The number of rotatable bonds is 7. The Hall–Kier alpha value is -2.21. The third-order valence-electron chi connectivity index (χ3n) is 5.41. The van der Waals surface area contributed by atoms with Crippen molar-refractivity contribution in [1.29, 1.82) is 0 Å². The second kappa shape index (κ2) is 8.43. The van der Waals surface area contributed by atoms with Crippen molar-refractivity contribution < 1.29 is 14.0 Å². The molecular weight excluding hydrogens is 372 g/mol. The van der Waals surface area contributed by atoms with Gasteiger partial charge >= 0.3 is 0 Å². The van der Waals surface area contributed by atoms with E-state index in [0.29, 0.717) is 5.75 Å². The molecule has 3 unspecified atom stereocenters. The number of furan rings is 1. The van der Waals surface area contributed by atoms with E-state index in [4.69, 9.17) is 4.42 Å². The van der Waals surface area contributed by atoms with Gasteiger partial charge in [0.1, 0.15) is 11.4 Å². The second-order valence-corrected chi connectivity index (χ2v) is 8.83. The standard InChI is InChI=1S/C22H26N2O3S/c1-15(7-8-16-5-3-2-4-6-16)23-20(25)19-14-28-22(18-11-12-27-13-18)24(19)21(26)17-9-10-17/h2-6,11-13,15,17,19,22H,7-10,14H2,1H3,(H,23,25). The van der Waals surface area contributed by atoms with Gasteiger partial charge in [0, 0.05) is 23.3 Å². The van der Waals surface area contributed by atoms with E-state index in [0.717, 1.165) is 31.2 Å². The van der Waals surface area contributed by atoms with Crippen molar-refractivity contribution in [2.45, 2.75) is 50.1 Å². The molecule has 4 rings (SSSR count). The summed E-state index contributed by atoms with van der Waals surface area (Å²) in [7, 11) is 0. The molecule has 6 heteroatoms.